The fourth-order valence-corrected chi connectivity index (χ4v) is 3.46. The molecule has 0 saturated carbocycles. The first-order chi connectivity index (χ1) is 13.7. The van der Waals surface area contributed by atoms with Gasteiger partial charge in [0.15, 0.2) is 0 Å². The van der Waals surface area contributed by atoms with E-state index in [0.717, 1.165) is 49.3 Å². The summed E-state index contributed by atoms with van der Waals surface area (Å²) < 4.78 is 5.25. The van der Waals surface area contributed by atoms with Crippen molar-refractivity contribution >= 4 is 23.0 Å². The molecule has 1 aromatic heterocycles. The normalized spacial score (nSPS) is 14.1. The monoisotopic (exact) mass is 375 g/mol. The maximum Gasteiger partial charge on any atom is 0.138 e. The number of methoxy groups -OCH3 is 1. The number of nitrogens with zero attached hydrogens (tertiary/aromatic N) is 5. The third kappa shape index (κ3) is 3.86. The molecule has 0 amide bonds. The van der Waals surface area contributed by atoms with Gasteiger partial charge in [-0.2, -0.15) is 0 Å². The van der Waals surface area contributed by atoms with Gasteiger partial charge in [0, 0.05) is 50.7 Å². The predicted octanol–water partition coefficient (Wildman–Crippen LogP) is 3.58. The van der Waals surface area contributed by atoms with Crippen molar-refractivity contribution in [3.05, 3.63) is 67.0 Å². The number of piperazine rings is 1. The Morgan fingerprint density at radius 3 is 2.21 bits per heavy atom. The van der Waals surface area contributed by atoms with Crippen LogP contribution in [0.15, 0.2) is 67.0 Å². The standard InChI is InChI=1S/C22H25N5O/c1-25(18-6-4-3-5-7-18)21-16-22(24-17-23-21)27-14-12-26(13-15-27)19-8-10-20(28-2)11-9-19/h3-11,16-17H,12-15H2,1-2H3. The molecule has 0 spiro atoms. The topological polar surface area (TPSA) is 44.7 Å². The zero-order chi connectivity index (χ0) is 19.3. The molecule has 2 aromatic carbocycles. The fraction of sp³-hybridized carbons (Fsp3) is 0.273. The van der Waals surface area contributed by atoms with Crippen LogP contribution in [0.4, 0.5) is 23.0 Å². The highest BCUT2D eigenvalue weighted by atomic mass is 16.5. The largest absolute Gasteiger partial charge is 0.497 e. The molecular weight excluding hydrogens is 350 g/mol. The minimum Gasteiger partial charge on any atom is -0.497 e. The number of para-hydroxylation sites is 1. The molecule has 6 heteroatoms. The molecule has 0 atom stereocenters. The molecule has 1 aliphatic heterocycles. The minimum absolute atomic E-state index is 0.887. The number of benzene rings is 2. The lowest BCUT2D eigenvalue weighted by atomic mass is 10.2. The fourth-order valence-electron chi connectivity index (χ4n) is 3.46. The van der Waals surface area contributed by atoms with Gasteiger partial charge in [-0.05, 0) is 36.4 Å². The van der Waals surface area contributed by atoms with Gasteiger partial charge in [-0.15, -0.1) is 0 Å². The Morgan fingerprint density at radius 2 is 1.54 bits per heavy atom. The van der Waals surface area contributed by atoms with Crippen molar-refractivity contribution in [3.8, 4) is 5.75 Å². The van der Waals surface area contributed by atoms with Crippen molar-refractivity contribution < 1.29 is 4.74 Å². The van der Waals surface area contributed by atoms with Crippen LogP contribution in [-0.4, -0.2) is 50.3 Å². The van der Waals surface area contributed by atoms with Crippen LogP contribution in [-0.2, 0) is 0 Å². The number of hydrogen-bond donors (Lipinski definition) is 0. The number of aromatic nitrogens is 2. The average molecular weight is 375 g/mol. The van der Waals surface area contributed by atoms with Gasteiger partial charge in [0.05, 0.1) is 7.11 Å². The van der Waals surface area contributed by atoms with Gasteiger partial charge in [0.1, 0.15) is 23.7 Å². The second-order valence-electron chi connectivity index (χ2n) is 6.80. The number of rotatable bonds is 5. The first-order valence-electron chi connectivity index (χ1n) is 9.49. The number of ether oxygens (including phenoxy) is 1. The van der Waals surface area contributed by atoms with E-state index in [1.807, 2.05) is 37.4 Å². The van der Waals surface area contributed by atoms with Gasteiger partial charge >= 0.3 is 0 Å². The zero-order valence-corrected chi connectivity index (χ0v) is 16.3. The van der Waals surface area contributed by atoms with Crippen molar-refractivity contribution in [3.63, 3.8) is 0 Å². The highest BCUT2D eigenvalue weighted by Crippen LogP contribution is 2.25. The van der Waals surface area contributed by atoms with E-state index in [1.54, 1.807) is 13.4 Å². The number of anilines is 4. The zero-order valence-electron chi connectivity index (χ0n) is 16.3. The molecule has 1 aliphatic rings. The molecule has 3 aromatic rings. The summed E-state index contributed by atoms with van der Waals surface area (Å²) in [6, 6.07) is 20.6. The van der Waals surface area contributed by atoms with Crippen LogP contribution in [0.3, 0.4) is 0 Å². The lowest BCUT2D eigenvalue weighted by molar-refractivity contribution is 0.415. The molecule has 1 fully saturated rings. The Balaban J connectivity index is 1.43. The van der Waals surface area contributed by atoms with Crippen LogP contribution in [0.2, 0.25) is 0 Å². The van der Waals surface area contributed by atoms with Gasteiger partial charge in [0.2, 0.25) is 0 Å². The summed E-state index contributed by atoms with van der Waals surface area (Å²) in [5.74, 6) is 2.76. The maximum absolute atomic E-state index is 5.25. The van der Waals surface area contributed by atoms with Gasteiger partial charge in [0.25, 0.3) is 0 Å². The van der Waals surface area contributed by atoms with Crippen LogP contribution in [0.5, 0.6) is 5.75 Å². The van der Waals surface area contributed by atoms with Crippen LogP contribution >= 0.6 is 0 Å². The molecule has 0 unspecified atom stereocenters. The maximum atomic E-state index is 5.25. The Hall–Kier alpha value is -3.28. The van der Waals surface area contributed by atoms with Gasteiger partial charge < -0.3 is 19.4 Å². The highest BCUT2D eigenvalue weighted by Gasteiger charge is 2.19. The highest BCUT2D eigenvalue weighted by molar-refractivity contribution is 5.62. The second-order valence-corrected chi connectivity index (χ2v) is 6.80. The van der Waals surface area contributed by atoms with E-state index in [4.69, 9.17) is 4.74 Å². The van der Waals surface area contributed by atoms with E-state index in [9.17, 15) is 0 Å². The first-order valence-corrected chi connectivity index (χ1v) is 9.49. The summed E-state index contributed by atoms with van der Waals surface area (Å²) >= 11 is 0. The van der Waals surface area contributed by atoms with E-state index >= 15 is 0 Å². The summed E-state index contributed by atoms with van der Waals surface area (Å²) in [5, 5.41) is 0. The SMILES string of the molecule is COc1ccc(N2CCN(c3cc(N(C)c4ccccc4)ncn3)CC2)cc1. The quantitative estimate of drug-likeness (QED) is 0.679. The molecule has 0 radical (unpaired) electrons. The van der Waals surface area contributed by atoms with Gasteiger partial charge in [-0.25, -0.2) is 9.97 Å². The predicted molar refractivity (Wildman–Crippen MR) is 114 cm³/mol. The van der Waals surface area contributed by atoms with Gasteiger partial charge in [-0.1, -0.05) is 18.2 Å². The Morgan fingerprint density at radius 1 is 0.857 bits per heavy atom. The molecular formula is C22H25N5O. The van der Waals surface area contributed by atoms with E-state index in [2.05, 4.69) is 55.0 Å². The van der Waals surface area contributed by atoms with Crippen molar-refractivity contribution in [2.24, 2.45) is 0 Å². The Bertz CT molecular complexity index is 892. The molecule has 0 bridgehead atoms. The third-order valence-electron chi connectivity index (χ3n) is 5.17. The molecule has 6 nitrogen and oxygen atoms in total. The smallest absolute Gasteiger partial charge is 0.138 e. The molecule has 2 heterocycles. The summed E-state index contributed by atoms with van der Waals surface area (Å²) in [4.78, 5) is 15.8. The lowest BCUT2D eigenvalue weighted by Gasteiger charge is -2.37. The molecule has 0 N–H and O–H groups in total. The van der Waals surface area contributed by atoms with E-state index in [0.29, 0.717) is 0 Å². The summed E-state index contributed by atoms with van der Waals surface area (Å²) in [6.45, 7) is 3.77. The van der Waals surface area contributed by atoms with Crippen molar-refractivity contribution in [2.75, 3.05) is 55.0 Å². The third-order valence-corrected chi connectivity index (χ3v) is 5.17. The summed E-state index contributed by atoms with van der Waals surface area (Å²) in [7, 11) is 3.72. The van der Waals surface area contributed by atoms with E-state index in [-0.39, 0.29) is 0 Å². The van der Waals surface area contributed by atoms with Crippen LogP contribution in [0.25, 0.3) is 0 Å². The number of hydrogen-bond acceptors (Lipinski definition) is 6. The second kappa shape index (κ2) is 8.17. The van der Waals surface area contributed by atoms with Crippen LogP contribution in [0.1, 0.15) is 0 Å². The van der Waals surface area contributed by atoms with Crippen LogP contribution < -0.4 is 19.4 Å². The Kier molecular flexibility index (Phi) is 5.28. The molecule has 28 heavy (non-hydrogen) atoms. The van der Waals surface area contributed by atoms with Crippen molar-refractivity contribution in [1.82, 2.24) is 9.97 Å². The molecule has 0 aliphatic carbocycles. The van der Waals surface area contributed by atoms with Crippen molar-refractivity contribution in [2.45, 2.75) is 0 Å². The first kappa shape index (κ1) is 18.1. The summed E-state index contributed by atoms with van der Waals surface area (Å²) in [5.41, 5.74) is 2.34. The summed E-state index contributed by atoms with van der Waals surface area (Å²) in [6.07, 6.45) is 1.65. The van der Waals surface area contributed by atoms with E-state index < -0.39 is 0 Å². The van der Waals surface area contributed by atoms with Crippen molar-refractivity contribution in [1.29, 1.82) is 0 Å². The average Bonchev–Trinajstić information content (AvgIpc) is 2.79. The minimum atomic E-state index is 0.887. The van der Waals surface area contributed by atoms with E-state index in [1.165, 1.54) is 5.69 Å². The molecule has 1 saturated heterocycles. The van der Waals surface area contributed by atoms with Crippen LogP contribution in [0, 0.1) is 0 Å². The Labute approximate surface area is 166 Å². The molecule has 144 valence electrons. The molecule has 4 rings (SSSR count). The lowest BCUT2D eigenvalue weighted by Crippen LogP contribution is -2.46. The van der Waals surface area contributed by atoms with Gasteiger partial charge in [-0.3, -0.25) is 0 Å².